The molecule has 0 aliphatic heterocycles. The van der Waals surface area contributed by atoms with Gasteiger partial charge in [0.1, 0.15) is 6.04 Å². The average molecular weight is 196 g/mol. The number of hydrogen-bond donors (Lipinski definition) is 3. The Kier molecular flexibility index (Phi) is 10.2. The number of aliphatic carboxylic acids is 1. The zero-order valence-corrected chi connectivity index (χ0v) is 7.50. The molecule has 0 heterocycles. The van der Waals surface area contributed by atoms with Crippen LogP contribution in [-0.4, -0.2) is 40.0 Å². The van der Waals surface area contributed by atoms with Crippen molar-refractivity contribution in [2.24, 2.45) is 5.73 Å². The first-order valence-electron chi connectivity index (χ1n) is 3.24. The van der Waals surface area contributed by atoms with Crippen LogP contribution in [0.15, 0.2) is 0 Å². The van der Waals surface area contributed by atoms with Crippen LogP contribution in [0, 0.1) is 0 Å². The zero-order chi connectivity index (χ0) is 9.02. The molecule has 1 amide bonds. The molecule has 0 spiro atoms. The van der Waals surface area contributed by atoms with Gasteiger partial charge in [-0.1, -0.05) is 0 Å². The van der Waals surface area contributed by atoms with E-state index in [0.717, 1.165) is 0 Å². The second kappa shape index (κ2) is 7.47. The van der Waals surface area contributed by atoms with Gasteiger partial charge in [-0.15, -0.1) is 0 Å². The third-order valence-electron chi connectivity index (χ3n) is 1.14. The smallest absolute Gasteiger partial charge is 0.325 e. The summed E-state index contributed by atoms with van der Waals surface area (Å²) in [7, 11) is 0. The molecule has 0 aliphatic rings. The van der Waals surface area contributed by atoms with E-state index < -0.39 is 24.0 Å². The molecular weight excluding hydrogens is 180 g/mol. The highest BCUT2D eigenvalue weighted by atomic mass is 16.4. The van der Waals surface area contributed by atoms with Crippen molar-refractivity contribution >= 4 is 11.9 Å². The number of nitrogens with one attached hydrogen (secondary N) is 1. The number of carbonyl (C=O) groups is 2. The lowest BCUT2D eigenvalue weighted by Gasteiger charge is -2.10. The van der Waals surface area contributed by atoms with Gasteiger partial charge in [-0.3, -0.25) is 9.59 Å². The molecule has 0 aliphatic carbocycles. The van der Waals surface area contributed by atoms with Crippen LogP contribution >= 0.6 is 0 Å². The molecule has 0 saturated carbocycles. The van der Waals surface area contributed by atoms with E-state index in [1.54, 1.807) is 0 Å². The first-order chi connectivity index (χ1) is 4.95. The van der Waals surface area contributed by atoms with Crippen LogP contribution in [0.25, 0.3) is 0 Å². The van der Waals surface area contributed by atoms with Gasteiger partial charge in [-0.2, -0.15) is 0 Å². The summed E-state index contributed by atoms with van der Waals surface area (Å²) in [4.78, 5) is 21.0. The van der Waals surface area contributed by atoms with Gasteiger partial charge in [0.05, 0.1) is 6.04 Å². The standard InChI is InChI=1S/C6H12N2O3.2H2O/c1-3(7)5(9)8-4(2)6(10)11;;/h3-4H,7H2,1-2H3,(H,8,9)(H,10,11);2*1H2/t3-,4-;;/m0../s1. The normalized spacial score (nSPS) is 12.8. The highest BCUT2D eigenvalue weighted by Crippen LogP contribution is 1.83. The van der Waals surface area contributed by atoms with Gasteiger partial charge in [-0.05, 0) is 13.8 Å². The minimum absolute atomic E-state index is 0. The van der Waals surface area contributed by atoms with E-state index in [4.69, 9.17) is 10.8 Å². The van der Waals surface area contributed by atoms with Crippen LogP contribution in [0.3, 0.4) is 0 Å². The summed E-state index contributed by atoms with van der Waals surface area (Å²) in [5.41, 5.74) is 5.18. The molecule has 2 atom stereocenters. The van der Waals surface area contributed by atoms with Crippen molar-refractivity contribution in [3.8, 4) is 0 Å². The van der Waals surface area contributed by atoms with E-state index in [1.165, 1.54) is 13.8 Å². The van der Waals surface area contributed by atoms with Gasteiger partial charge in [-0.25, -0.2) is 0 Å². The quantitative estimate of drug-likeness (QED) is 0.448. The maximum absolute atomic E-state index is 10.8. The SMILES string of the molecule is C[C@H](N)C(=O)N[C@@H](C)C(=O)O.O.O. The number of amides is 1. The molecule has 0 aromatic carbocycles. The van der Waals surface area contributed by atoms with E-state index in [1.807, 2.05) is 0 Å². The first-order valence-corrected chi connectivity index (χ1v) is 3.24. The molecule has 13 heavy (non-hydrogen) atoms. The number of carbonyl (C=O) groups excluding carboxylic acids is 1. The van der Waals surface area contributed by atoms with Crippen molar-refractivity contribution < 1.29 is 25.6 Å². The van der Waals surface area contributed by atoms with E-state index >= 15 is 0 Å². The minimum Gasteiger partial charge on any atom is -0.480 e. The Morgan fingerprint density at radius 1 is 1.31 bits per heavy atom. The van der Waals surface area contributed by atoms with Crippen molar-refractivity contribution in [2.75, 3.05) is 0 Å². The van der Waals surface area contributed by atoms with E-state index in [2.05, 4.69) is 5.32 Å². The van der Waals surface area contributed by atoms with Crippen molar-refractivity contribution in [2.45, 2.75) is 25.9 Å². The van der Waals surface area contributed by atoms with Crippen LogP contribution in [0.4, 0.5) is 0 Å². The van der Waals surface area contributed by atoms with Gasteiger partial charge >= 0.3 is 5.97 Å². The van der Waals surface area contributed by atoms with Crippen LogP contribution < -0.4 is 11.1 Å². The molecule has 7 heteroatoms. The molecular formula is C6H16N2O5. The first kappa shape index (κ1) is 17.8. The Morgan fingerprint density at radius 2 is 1.69 bits per heavy atom. The number of nitrogens with two attached hydrogens (primary N) is 1. The summed E-state index contributed by atoms with van der Waals surface area (Å²) in [5, 5.41) is 10.6. The molecule has 0 aromatic heterocycles. The third-order valence-corrected chi connectivity index (χ3v) is 1.14. The van der Waals surface area contributed by atoms with E-state index in [9.17, 15) is 9.59 Å². The molecule has 0 saturated heterocycles. The fraction of sp³-hybridized carbons (Fsp3) is 0.667. The zero-order valence-electron chi connectivity index (χ0n) is 7.50. The van der Waals surface area contributed by atoms with Gasteiger partial charge in [0.2, 0.25) is 5.91 Å². The lowest BCUT2D eigenvalue weighted by atomic mass is 10.3. The summed E-state index contributed by atoms with van der Waals surface area (Å²) in [6.07, 6.45) is 0. The number of hydrogen-bond acceptors (Lipinski definition) is 3. The van der Waals surface area contributed by atoms with Crippen molar-refractivity contribution in [3.05, 3.63) is 0 Å². The summed E-state index contributed by atoms with van der Waals surface area (Å²) < 4.78 is 0. The molecule has 0 fully saturated rings. The molecule has 0 rings (SSSR count). The Labute approximate surface area is 75.5 Å². The predicted octanol–water partition coefficient (Wildman–Crippen LogP) is -2.73. The lowest BCUT2D eigenvalue weighted by molar-refractivity contribution is -0.141. The topological polar surface area (TPSA) is 155 Å². The maximum atomic E-state index is 10.8. The van der Waals surface area contributed by atoms with Crippen LogP contribution in [0.1, 0.15) is 13.8 Å². The molecule has 80 valence electrons. The highest BCUT2D eigenvalue weighted by Gasteiger charge is 2.15. The second-order valence-corrected chi connectivity index (χ2v) is 2.36. The average Bonchev–Trinajstić information content (AvgIpc) is 1.87. The molecule has 7 nitrogen and oxygen atoms in total. The Morgan fingerprint density at radius 3 is 1.92 bits per heavy atom. The lowest BCUT2D eigenvalue weighted by Crippen LogP contribution is -2.45. The number of carboxylic acids is 1. The van der Waals surface area contributed by atoms with Crippen LogP contribution in [0.2, 0.25) is 0 Å². The predicted molar refractivity (Wildman–Crippen MR) is 46.1 cm³/mol. The van der Waals surface area contributed by atoms with Crippen molar-refractivity contribution in [1.29, 1.82) is 0 Å². The minimum atomic E-state index is -1.07. The van der Waals surface area contributed by atoms with Gasteiger partial charge in [0, 0.05) is 0 Å². The highest BCUT2D eigenvalue weighted by molar-refractivity contribution is 5.86. The summed E-state index contributed by atoms with van der Waals surface area (Å²) in [6, 6.07) is -1.55. The number of carboxylic acid groups (broad SMARTS) is 1. The van der Waals surface area contributed by atoms with Gasteiger partial charge < -0.3 is 27.1 Å². The molecule has 0 radical (unpaired) electrons. The van der Waals surface area contributed by atoms with Crippen LogP contribution in [-0.2, 0) is 9.59 Å². The molecule has 0 bridgehead atoms. The Hall–Kier alpha value is -1.18. The molecule has 8 N–H and O–H groups in total. The van der Waals surface area contributed by atoms with Gasteiger partial charge in [0.15, 0.2) is 0 Å². The van der Waals surface area contributed by atoms with E-state index in [-0.39, 0.29) is 11.0 Å². The fourth-order valence-corrected chi connectivity index (χ4v) is 0.407. The summed E-state index contributed by atoms with van der Waals surface area (Å²) in [5.74, 6) is -1.53. The number of rotatable bonds is 3. The molecule has 0 aromatic rings. The molecule has 0 unspecified atom stereocenters. The Balaban J connectivity index is -0.000000500. The third kappa shape index (κ3) is 7.19. The maximum Gasteiger partial charge on any atom is 0.325 e. The Bertz CT molecular complexity index is 170. The largest absolute Gasteiger partial charge is 0.480 e. The second-order valence-electron chi connectivity index (χ2n) is 2.36. The summed E-state index contributed by atoms with van der Waals surface area (Å²) in [6.45, 7) is 2.87. The van der Waals surface area contributed by atoms with E-state index in [0.29, 0.717) is 0 Å². The van der Waals surface area contributed by atoms with Crippen LogP contribution in [0.5, 0.6) is 0 Å². The summed E-state index contributed by atoms with van der Waals surface area (Å²) >= 11 is 0. The fourth-order valence-electron chi connectivity index (χ4n) is 0.407. The monoisotopic (exact) mass is 196 g/mol. The van der Waals surface area contributed by atoms with Gasteiger partial charge in [0.25, 0.3) is 0 Å². The van der Waals surface area contributed by atoms with Crippen molar-refractivity contribution in [3.63, 3.8) is 0 Å². The van der Waals surface area contributed by atoms with Crippen molar-refractivity contribution in [1.82, 2.24) is 5.32 Å².